The van der Waals surface area contributed by atoms with Gasteiger partial charge in [0.15, 0.2) is 5.69 Å². The van der Waals surface area contributed by atoms with Crippen molar-refractivity contribution in [2.75, 3.05) is 6.26 Å². The van der Waals surface area contributed by atoms with Gasteiger partial charge in [0.2, 0.25) is 5.43 Å². The molecule has 0 bridgehead atoms. The van der Waals surface area contributed by atoms with E-state index in [1.54, 1.807) is 33.4 Å². The molecule has 0 atom stereocenters. The van der Waals surface area contributed by atoms with Crippen molar-refractivity contribution in [2.45, 2.75) is 4.90 Å². The van der Waals surface area contributed by atoms with E-state index in [1.807, 2.05) is 67.0 Å². The van der Waals surface area contributed by atoms with Gasteiger partial charge in [0.05, 0.1) is 11.4 Å². The lowest BCUT2D eigenvalue weighted by atomic mass is 10.3. The largest absolute Gasteiger partial charge is 0.287 e. The Morgan fingerprint density at radius 2 is 1.54 bits per heavy atom. The van der Waals surface area contributed by atoms with E-state index in [0.717, 1.165) is 16.3 Å². The van der Waals surface area contributed by atoms with Gasteiger partial charge < -0.3 is 0 Å². The maximum Gasteiger partial charge on any atom is 0.209 e. The molecule has 0 spiro atoms. The van der Waals surface area contributed by atoms with Crippen LogP contribution in [0.4, 0.5) is 0 Å². The quantitative estimate of drug-likeness (QED) is 0.519. The lowest BCUT2D eigenvalue weighted by molar-refractivity contribution is 0.828. The van der Waals surface area contributed by atoms with Crippen LogP contribution in [0.5, 0.6) is 0 Å². The minimum atomic E-state index is -0.152. The van der Waals surface area contributed by atoms with Gasteiger partial charge in [0.1, 0.15) is 5.69 Å². The molecule has 0 amide bonds. The Morgan fingerprint density at radius 1 is 0.808 bits per heavy atom. The standard InChI is InChI=1S/C20H16N4OS/c1-26-17-9-5-8-16(14-17)24-13-11-19(25)20(22-24)18-10-12-23(21-18)15-6-3-2-4-7-15/h2-14H,1H3. The maximum absolute atomic E-state index is 12.3. The molecule has 0 unspecified atom stereocenters. The molecule has 0 N–H and O–H groups in total. The zero-order valence-corrected chi connectivity index (χ0v) is 14.9. The third kappa shape index (κ3) is 3.19. The Labute approximate surface area is 154 Å². The fourth-order valence-corrected chi connectivity index (χ4v) is 3.11. The number of thioether (sulfide) groups is 1. The minimum absolute atomic E-state index is 0.152. The summed E-state index contributed by atoms with van der Waals surface area (Å²) in [5, 5.41) is 9.03. The molecule has 2 aromatic heterocycles. The van der Waals surface area contributed by atoms with Crippen LogP contribution in [0.2, 0.25) is 0 Å². The number of hydrogen-bond donors (Lipinski definition) is 0. The molecule has 6 heteroatoms. The van der Waals surface area contributed by atoms with E-state index < -0.39 is 0 Å². The van der Waals surface area contributed by atoms with Gasteiger partial charge in [-0.25, -0.2) is 9.36 Å². The molecule has 0 fully saturated rings. The number of benzene rings is 2. The highest BCUT2D eigenvalue weighted by atomic mass is 32.2. The number of nitrogens with zero attached hydrogens (tertiary/aromatic N) is 4. The second-order valence-electron chi connectivity index (χ2n) is 5.66. The first-order valence-corrected chi connectivity index (χ1v) is 9.33. The van der Waals surface area contributed by atoms with E-state index in [4.69, 9.17) is 0 Å². The average Bonchev–Trinajstić information content (AvgIpc) is 3.19. The first-order valence-electron chi connectivity index (χ1n) is 8.10. The molecule has 0 saturated carbocycles. The summed E-state index contributed by atoms with van der Waals surface area (Å²) < 4.78 is 3.44. The van der Waals surface area contributed by atoms with Crippen molar-refractivity contribution in [3.05, 3.63) is 89.3 Å². The van der Waals surface area contributed by atoms with E-state index in [0.29, 0.717) is 11.4 Å². The molecule has 4 aromatic rings. The molecular weight excluding hydrogens is 344 g/mol. The van der Waals surface area contributed by atoms with E-state index in [2.05, 4.69) is 10.2 Å². The molecular formula is C20H16N4OS. The van der Waals surface area contributed by atoms with Crippen LogP contribution in [-0.2, 0) is 0 Å². The van der Waals surface area contributed by atoms with Crippen LogP contribution < -0.4 is 5.43 Å². The SMILES string of the molecule is CSc1cccc(-n2ccc(=O)c(-c3ccn(-c4ccccc4)n3)n2)c1. The van der Waals surface area contributed by atoms with Crippen molar-refractivity contribution in [1.29, 1.82) is 0 Å². The van der Waals surface area contributed by atoms with Gasteiger partial charge in [0, 0.05) is 23.4 Å². The number of aromatic nitrogens is 4. The third-order valence-electron chi connectivity index (χ3n) is 3.98. The van der Waals surface area contributed by atoms with Crippen molar-refractivity contribution >= 4 is 11.8 Å². The van der Waals surface area contributed by atoms with Crippen LogP contribution in [0.3, 0.4) is 0 Å². The van der Waals surface area contributed by atoms with Gasteiger partial charge in [-0.1, -0.05) is 24.3 Å². The Morgan fingerprint density at radius 3 is 2.35 bits per heavy atom. The topological polar surface area (TPSA) is 52.7 Å². The summed E-state index contributed by atoms with van der Waals surface area (Å²) in [6.07, 6.45) is 5.54. The fourth-order valence-electron chi connectivity index (χ4n) is 2.66. The molecule has 0 radical (unpaired) electrons. The van der Waals surface area contributed by atoms with E-state index in [9.17, 15) is 4.79 Å². The zero-order chi connectivity index (χ0) is 17.9. The van der Waals surface area contributed by atoms with Crippen LogP contribution in [-0.4, -0.2) is 25.8 Å². The summed E-state index contributed by atoms with van der Waals surface area (Å²) in [7, 11) is 0. The number of para-hydroxylation sites is 1. The Hall–Kier alpha value is -3.12. The van der Waals surface area contributed by atoms with Crippen LogP contribution in [0.25, 0.3) is 22.8 Å². The third-order valence-corrected chi connectivity index (χ3v) is 4.70. The van der Waals surface area contributed by atoms with Crippen molar-refractivity contribution < 1.29 is 0 Å². The summed E-state index contributed by atoms with van der Waals surface area (Å²) in [6.45, 7) is 0. The van der Waals surface area contributed by atoms with Gasteiger partial charge in [0.25, 0.3) is 0 Å². The second kappa shape index (κ2) is 7.01. The average molecular weight is 360 g/mol. The predicted molar refractivity (Wildman–Crippen MR) is 104 cm³/mol. The van der Waals surface area contributed by atoms with Crippen molar-refractivity contribution in [1.82, 2.24) is 19.6 Å². The van der Waals surface area contributed by atoms with E-state index in [1.165, 1.54) is 6.07 Å². The summed E-state index contributed by atoms with van der Waals surface area (Å²) in [4.78, 5) is 13.5. The highest BCUT2D eigenvalue weighted by molar-refractivity contribution is 7.98. The van der Waals surface area contributed by atoms with Crippen molar-refractivity contribution in [3.63, 3.8) is 0 Å². The first kappa shape index (κ1) is 16.4. The molecule has 0 aliphatic heterocycles. The smallest absolute Gasteiger partial charge is 0.209 e. The lowest BCUT2D eigenvalue weighted by Gasteiger charge is -2.07. The van der Waals surface area contributed by atoms with Crippen molar-refractivity contribution in [3.8, 4) is 22.8 Å². The molecule has 26 heavy (non-hydrogen) atoms. The van der Waals surface area contributed by atoms with E-state index in [-0.39, 0.29) is 5.43 Å². The van der Waals surface area contributed by atoms with Crippen LogP contribution in [0, 0.1) is 0 Å². The molecule has 0 aliphatic rings. The van der Waals surface area contributed by atoms with Crippen LogP contribution in [0.15, 0.2) is 88.8 Å². The molecule has 0 saturated heterocycles. The normalized spacial score (nSPS) is 10.8. The van der Waals surface area contributed by atoms with Crippen molar-refractivity contribution in [2.24, 2.45) is 0 Å². The summed E-state index contributed by atoms with van der Waals surface area (Å²) in [6, 6.07) is 21.1. The van der Waals surface area contributed by atoms with Crippen LogP contribution in [0.1, 0.15) is 0 Å². The van der Waals surface area contributed by atoms with Gasteiger partial charge in [-0.15, -0.1) is 11.8 Å². The summed E-state index contributed by atoms with van der Waals surface area (Å²) >= 11 is 1.66. The molecule has 2 aromatic carbocycles. The summed E-state index contributed by atoms with van der Waals surface area (Å²) in [5.74, 6) is 0. The van der Waals surface area contributed by atoms with Gasteiger partial charge in [-0.3, -0.25) is 4.79 Å². The Balaban J connectivity index is 1.76. The molecule has 4 rings (SSSR count). The maximum atomic E-state index is 12.3. The monoisotopic (exact) mass is 360 g/mol. The van der Waals surface area contributed by atoms with Crippen LogP contribution >= 0.6 is 11.8 Å². The second-order valence-corrected chi connectivity index (χ2v) is 6.54. The predicted octanol–water partition coefficient (Wildman–Crippen LogP) is 3.81. The number of rotatable bonds is 4. The molecule has 2 heterocycles. The van der Waals surface area contributed by atoms with Gasteiger partial charge in [-0.05, 0) is 42.7 Å². The number of hydrogen-bond acceptors (Lipinski definition) is 4. The zero-order valence-electron chi connectivity index (χ0n) is 14.1. The van der Waals surface area contributed by atoms with E-state index >= 15 is 0 Å². The molecule has 0 aliphatic carbocycles. The highest BCUT2D eigenvalue weighted by Crippen LogP contribution is 2.19. The summed E-state index contributed by atoms with van der Waals surface area (Å²) in [5.41, 5.74) is 2.56. The lowest BCUT2D eigenvalue weighted by Crippen LogP contribution is -2.13. The highest BCUT2D eigenvalue weighted by Gasteiger charge is 2.11. The first-order chi connectivity index (χ1) is 12.7. The van der Waals surface area contributed by atoms with Gasteiger partial charge >= 0.3 is 0 Å². The molecule has 128 valence electrons. The molecule has 5 nitrogen and oxygen atoms in total. The minimum Gasteiger partial charge on any atom is -0.287 e. The fraction of sp³-hybridized carbons (Fsp3) is 0.0500. The Kier molecular flexibility index (Phi) is 4.41. The Bertz CT molecular complexity index is 1100. The van der Waals surface area contributed by atoms with Gasteiger partial charge in [-0.2, -0.15) is 10.2 Å².